The Balaban J connectivity index is 1.76. The fourth-order valence-corrected chi connectivity index (χ4v) is 3.12. The molecule has 0 aromatic rings. The lowest BCUT2D eigenvalue weighted by Crippen LogP contribution is -2.59. The van der Waals surface area contributed by atoms with Crippen LogP contribution in [0.4, 0.5) is 0 Å². The van der Waals surface area contributed by atoms with E-state index in [1.807, 2.05) is 7.05 Å². The second-order valence-electron chi connectivity index (χ2n) is 6.45. The molecule has 1 amide bonds. The molecule has 116 valence electrons. The third-order valence-electron chi connectivity index (χ3n) is 4.94. The minimum absolute atomic E-state index is 0.219. The molecule has 0 heterocycles. The number of carbonyl (C=O) groups excluding carboxylic acids is 1. The summed E-state index contributed by atoms with van der Waals surface area (Å²) in [5.41, 5.74) is 5.07. The summed E-state index contributed by atoms with van der Waals surface area (Å²) in [6.45, 7) is 2.63. The van der Waals surface area contributed by atoms with Crippen LogP contribution < -0.4 is 11.1 Å². The average Bonchev–Trinajstić information content (AvgIpc) is 3.27. The van der Waals surface area contributed by atoms with Gasteiger partial charge in [0.15, 0.2) is 0 Å². The molecule has 2 atom stereocenters. The van der Waals surface area contributed by atoms with Gasteiger partial charge >= 0.3 is 0 Å². The highest BCUT2D eigenvalue weighted by atomic mass is 16.5. The van der Waals surface area contributed by atoms with Gasteiger partial charge in [0.2, 0.25) is 5.91 Å². The van der Waals surface area contributed by atoms with Crippen molar-refractivity contribution < 1.29 is 9.53 Å². The second-order valence-corrected chi connectivity index (χ2v) is 6.45. The molecule has 2 saturated carbocycles. The van der Waals surface area contributed by atoms with Crippen molar-refractivity contribution >= 4 is 5.91 Å². The summed E-state index contributed by atoms with van der Waals surface area (Å²) in [4.78, 5) is 14.1. The summed E-state index contributed by atoms with van der Waals surface area (Å²) >= 11 is 0. The normalized spacial score (nSPS) is 30.6. The summed E-state index contributed by atoms with van der Waals surface area (Å²) < 4.78 is 5.70. The van der Waals surface area contributed by atoms with Gasteiger partial charge in [0.05, 0.1) is 12.1 Å². The van der Waals surface area contributed by atoms with Crippen molar-refractivity contribution in [3.8, 4) is 0 Å². The molecule has 20 heavy (non-hydrogen) atoms. The van der Waals surface area contributed by atoms with E-state index in [0.717, 1.165) is 51.4 Å². The summed E-state index contributed by atoms with van der Waals surface area (Å²) in [5, 5.41) is 3.16. The summed E-state index contributed by atoms with van der Waals surface area (Å²) in [5.74, 6) is 0.602. The number of likely N-dealkylation sites (N-methyl/N-ethyl adjacent to an activating group) is 2. The van der Waals surface area contributed by atoms with Crippen LogP contribution in [-0.4, -0.2) is 56.2 Å². The van der Waals surface area contributed by atoms with Gasteiger partial charge < -0.3 is 20.7 Å². The van der Waals surface area contributed by atoms with E-state index in [4.69, 9.17) is 10.5 Å². The van der Waals surface area contributed by atoms with Crippen molar-refractivity contribution in [1.29, 1.82) is 0 Å². The van der Waals surface area contributed by atoms with Crippen molar-refractivity contribution in [3.05, 3.63) is 0 Å². The van der Waals surface area contributed by atoms with Gasteiger partial charge in [0, 0.05) is 19.2 Å². The van der Waals surface area contributed by atoms with E-state index < -0.39 is 5.54 Å². The van der Waals surface area contributed by atoms with E-state index in [-0.39, 0.29) is 5.91 Å². The maximum atomic E-state index is 11.7. The van der Waals surface area contributed by atoms with E-state index in [2.05, 4.69) is 17.3 Å². The van der Waals surface area contributed by atoms with Crippen LogP contribution in [0.2, 0.25) is 0 Å². The Hall–Kier alpha value is -0.650. The highest BCUT2D eigenvalue weighted by Gasteiger charge is 2.41. The fourth-order valence-electron chi connectivity index (χ4n) is 3.12. The molecule has 0 aromatic heterocycles. The van der Waals surface area contributed by atoms with Gasteiger partial charge in [-0.2, -0.15) is 0 Å². The molecule has 5 nitrogen and oxygen atoms in total. The fraction of sp³-hybridized carbons (Fsp3) is 0.933. The third-order valence-corrected chi connectivity index (χ3v) is 4.94. The van der Waals surface area contributed by atoms with Crippen molar-refractivity contribution in [2.75, 3.05) is 33.9 Å². The molecule has 0 aromatic carbocycles. The van der Waals surface area contributed by atoms with Crippen LogP contribution in [0.1, 0.15) is 38.5 Å². The molecule has 0 aliphatic heterocycles. The summed E-state index contributed by atoms with van der Waals surface area (Å²) in [6, 6.07) is 0.410. The first kappa shape index (κ1) is 15.7. The van der Waals surface area contributed by atoms with Crippen LogP contribution in [0, 0.1) is 5.92 Å². The molecule has 2 unspecified atom stereocenters. The Morgan fingerprint density at radius 3 is 2.80 bits per heavy atom. The van der Waals surface area contributed by atoms with Crippen molar-refractivity contribution in [3.63, 3.8) is 0 Å². The number of nitrogens with zero attached hydrogens (tertiary/aromatic N) is 1. The van der Waals surface area contributed by atoms with E-state index >= 15 is 0 Å². The molecule has 2 aliphatic rings. The number of hydrogen-bond donors (Lipinski definition) is 2. The molecule has 0 saturated heterocycles. The number of hydrogen-bond acceptors (Lipinski definition) is 4. The zero-order valence-corrected chi connectivity index (χ0v) is 12.9. The van der Waals surface area contributed by atoms with E-state index in [0.29, 0.717) is 6.04 Å². The molecule has 0 spiro atoms. The molecular weight excluding hydrogens is 254 g/mol. The monoisotopic (exact) mass is 283 g/mol. The smallest absolute Gasteiger partial charge is 0.237 e. The van der Waals surface area contributed by atoms with Crippen LogP contribution in [-0.2, 0) is 9.53 Å². The van der Waals surface area contributed by atoms with Gasteiger partial charge in [0.1, 0.15) is 0 Å². The quantitative estimate of drug-likeness (QED) is 0.645. The van der Waals surface area contributed by atoms with Crippen LogP contribution in [0.3, 0.4) is 0 Å². The number of carbonyl (C=O) groups is 1. The maximum absolute atomic E-state index is 11.7. The number of nitrogens with two attached hydrogens (primary N) is 1. The van der Waals surface area contributed by atoms with Gasteiger partial charge in [-0.3, -0.25) is 4.79 Å². The van der Waals surface area contributed by atoms with E-state index in [1.165, 1.54) is 12.8 Å². The minimum Gasteiger partial charge on any atom is -0.380 e. The third kappa shape index (κ3) is 3.93. The minimum atomic E-state index is -0.522. The van der Waals surface area contributed by atoms with Crippen LogP contribution in [0.15, 0.2) is 0 Å². The lowest BCUT2D eigenvalue weighted by molar-refractivity contribution is -0.126. The maximum Gasteiger partial charge on any atom is 0.237 e. The summed E-state index contributed by atoms with van der Waals surface area (Å²) in [6.07, 6.45) is 6.50. The second kappa shape index (κ2) is 6.87. The van der Waals surface area contributed by atoms with E-state index in [1.54, 1.807) is 0 Å². The topological polar surface area (TPSA) is 67.6 Å². The molecule has 2 aliphatic carbocycles. The predicted octanol–water partition coefficient (Wildman–Crippen LogP) is 0.731. The number of amides is 1. The standard InChI is InChI=1S/C15H29N3O2/c1-17-15(14(16)19)7-3-4-13(10-15)18(2)8-9-20-11-12-5-6-12/h12-13,17H,3-11H2,1-2H3,(H2,16,19). The zero-order chi connectivity index (χ0) is 14.6. The number of ether oxygens (including phenoxy) is 1. The van der Waals surface area contributed by atoms with Crippen LogP contribution in [0.5, 0.6) is 0 Å². The average molecular weight is 283 g/mol. The predicted molar refractivity (Wildman–Crippen MR) is 79.4 cm³/mol. The molecule has 5 heteroatoms. The molecular formula is C15H29N3O2. The van der Waals surface area contributed by atoms with Gasteiger partial charge in [-0.05, 0) is 58.5 Å². The first-order chi connectivity index (χ1) is 9.57. The SMILES string of the molecule is CNC1(C(N)=O)CCCC(N(C)CCOCC2CC2)C1. The Labute approximate surface area is 122 Å². The number of nitrogens with one attached hydrogen (secondary N) is 1. The number of primary amides is 1. The molecule has 2 rings (SSSR count). The van der Waals surface area contributed by atoms with E-state index in [9.17, 15) is 4.79 Å². The molecule has 0 bridgehead atoms. The number of rotatable bonds is 8. The van der Waals surface area contributed by atoms with Crippen molar-refractivity contribution in [1.82, 2.24) is 10.2 Å². The first-order valence-corrected chi connectivity index (χ1v) is 7.84. The van der Waals surface area contributed by atoms with Gasteiger partial charge in [-0.25, -0.2) is 0 Å². The Bertz CT molecular complexity index is 333. The Kier molecular flexibility index (Phi) is 5.41. The van der Waals surface area contributed by atoms with Crippen molar-refractivity contribution in [2.24, 2.45) is 11.7 Å². The molecule has 2 fully saturated rings. The lowest BCUT2D eigenvalue weighted by atomic mass is 9.78. The van der Waals surface area contributed by atoms with Gasteiger partial charge in [-0.15, -0.1) is 0 Å². The highest BCUT2D eigenvalue weighted by molar-refractivity contribution is 5.84. The lowest BCUT2D eigenvalue weighted by Gasteiger charge is -2.41. The Morgan fingerprint density at radius 1 is 1.45 bits per heavy atom. The van der Waals surface area contributed by atoms with Gasteiger partial charge in [-0.1, -0.05) is 0 Å². The molecule has 3 N–H and O–H groups in total. The van der Waals surface area contributed by atoms with Crippen LogP contribution >= 0.6 is 0 Å². The molecule has 0 radical (unpaired) electrons. The van der Waals surface area contributed by atoms with Crippen LogP contribution in [0.25, 0.3) is 0 Å². The first-order valence-electron chi connectivity index (χ1n) is 7.84. The van der Waals surface area contributed by atoms with Crippen molar-refractivity contribution in [2.45, 2.75) is 50.1 Å². The van der Waals surface area contributed by atoms with Gasteiger partial charge in [0.25, 0.3) is 0 Å². The largest absolute Gasteiger partial charge is 0.380 e. The zero-order valence-electron chi connectivity index (χ0n) is 12.9. The Morgan fingerprint density at radius 2 is 2.20 bits per heavy atom. The summed E-state index contributed by atoms with van der Waals surface area (Å²) in [7, 11) is 3.96. The highest BCUT2D eigenvalue weighted by Crippen LogP contribution is 2.31.